The van der Waals surface area contributed by atoms with Crippen molar-refractivity contribution in [1.29, 1.82) is 0 Å². The lowest BCUT2D eigenvalue weighted by Gasteiger charge is -2.15. The molecule has 0 spiro atoms. The Labute approximate surface area is 108 Å². The minimum absolute atomic E-state index is 0.596. The summed E-state index contributed by atoms with van der Waals surface area (Å²) in [5.74, 6) is 1.91. The normalized spacial score (nSPS) is 11.7. The molecule has 0 aliphatic heterocycles. The van der Waals surface area contributed by atoms with Crippen LogP contribution in [0.5, 0.6) is 17.2 Å². The number of aliphatic imine (C=N–C) groups is 1. The molecule has 0 amide bonds. The van der Waals surface area contributed by atoms with Gasteiger partial charge in [0, 0.05) is 18.8 Å². The van der Waals surface area contributed by atoms with Gasteiger partial charge in [0.15, 0.2) is 11.5 Å². The molecule has 1 aromatic carbocycles. The molecule has 0 aliphatic rings. The third-order valence-corrected chi connectivity index (χ3v) is 2.60. The lowest BCUT2D eigenvalue weighted by molar-refractivity contribution is 0.324. The minimum atomic E-state index is 0.596. The molecule has 4 nitrogen and oxygen atoms in total. The third kappa shape index (κ3) is 2.83. The summed E-state index contributed by atoms with van der Waals surface area (Å²) >= 11 is 0. The molecule has 4 heteroatoms. The van der Waals surface area contributed by atoms with Gasteiger partial charge in [0.2, 0.25) is 5.75 Å². The molecule has 18 heavy (non-hydrogen) atoms. The fourth-order valence-corrected chi connectivity index (χ4v) is 1.69. The van der Waals surface area contributed by atoms with Gasteiger partial charge < -0.3 is 14.2 Å². The predicted octanol–water partition coefficient (Wildman–Crippen LogP) is 2.82. The average Bonchev–Trinajstić information content (AvgIpc) is 2.42. The van der Waals surface area contributed by atoms with E-state index in [1.165, 1.54) is 0 Å². The first kappa shape index (κ1) is 14.1. The lowest BCUT2D eigenvalue weighted by atomic mass is 10.0. The number of rotatable bonds is 5. The molecular formula is C14H19NO3. The highest BCUT2D eigenvalue weighted by atomic mass is 16.5. The van der Waals surface area contributed by atoms with E-state index >= 15 is 0 Å². The molecule has 1 rings (SSSR count). The third-order valence-electron chi connectivity index (χ3n) is 2.60. The molecule has 0 saturated carbocycles. The first-order chi connectivity index (χ1) is 8.69. The Kier molecular flexibility index (Phi) is 5.24. The molecule has 0 aliphatic carbocycles. The van der Waals surface area contributed by atoms with Crippen LogP contribution in [0, 0.1) is 0 Å². The van der Waals surface area contributed by atoms with Gasteiger partial charge in [-0.2, -0.15) is 0 Å². The number of ether oxygens (including phenoxy) is 3. The standard InChI is InChI=1S/C14H19NO3/c1-10(8-9-15-2)11-6-7-12(16-3)14(18-5)13(11)17-4/h6-9H,1-5H3/b10-8+,15-9?. The maximum Gasteiger partial charge on any atom is 0.203 e. The van der Waals surface area contributed by atoms with Crippen molar-refractivity contribution in [2.24, 2.45) is 4.99 Å². The Hall–Kier alpha value is -1.97. The number of nitrogens with zero attached hydrogens (tertiary/aromatic N) is 1. The van der Waals surface area contributed by atoms with Crippen molar-refractivity contribution in [1.82, 2.24) is 0 Å². The molecule has 0 N–H and O–H groups in total. The van der Waals surface area contributed by atoms with E-state index < -0.39 is 0 Å². The smallest absolute Gasteiger partial charge is 0.203 e. The van der Waals surface area contributed by atoms with Crippen LogP contribution in [-0.2, 0) is 0 Å². The van der Waals surface area contributed by atoms with Gasteiger partial charge in [-0.25, -0.2) is 0 Å². The van der Waals surface area contributed by atoms with Gasteiger partial charge in [0.1, 0.15) is 0 Å². The van der Waals surface area contributed by atoms with Crippen molar-refractivity contribution in [2.75, 3.05) is 28.4 Å². The summed E-state index contributed by atoms with van der Waals surface area (Å²) in [6, 6.07) is 3.80. The SMILES string of the molecule is CN=C/C=C(\C)c1ccc(OC)c(OC)c1OC. The van der Waals surface area contributed by atoms with Crippen LogP contribution in [0.2, 0.25) is 0 Å². The van der Waals surface area contributed by atoms with Gasteiger partial charge in [-0.3, -0.25) is 4.99 Å². The van der Waals surface area contributed by atoms with E-state index in [1.807, 2.05) is 25.1 Å². The second-order valence-electron chi connectivity index (χ2n) is 3.64. The van der Waals surface area contributed by atoms with E-state index in [9.17, 15) is 0 Å². The molecule has 0 heterocycles. The van der Waals surface area contributed by atoms with Crippen molar-refractivity contribution in [3.05, 3.63) is 23.8 Å². The Morgan fingerprint density at radius 3 is 2.22 bits per heavy atom. The molecule has 0 unspecified atom stereocenters. The van der Waals surface area contributed by atoms with Crippen LogP contribution in [0.4, 0.5) is 0 Å². The van der Waals surface area contributed by atoms with E-state index in [-0.39, 0.29) is 0 Å². The van der Waals surface area contributed by atoms with Gasteiger partial charge in [0.25, 0.3) is 0 Å². The molecule has 0 saturated heterocycles. The summed E-state index contributed by atoms with van der Waals surface area (Å²) in [6.07, 6.45) is 3.66. The molecule has 0 atom stereocenters. The van der Waals surface area contributed by atoms with Crippen LogP contribution in [0.25, 0.3) is 5.57 Å². The summed E-state index contributed by atoms with van der Waals surface area (Å²) in [4.78, 5) is 3.93. The highest BCUT2D eigenvalue weighted by Gasteiger charge is 2.16. The zero-order valence-electron chi connectivity index (χ0n) is 11.5. The Balaban J connectivity index is 3.37. The largest absolute Gasteiger partial charge is 0.493 e. The summed E-state index contributed by atoms with van der Waals surface area (Å²) in [6.45, 7) is 1.99. The summed E-state index contributed by atoms with van der Waals surface area (Å²) in [7, 11) is 6.54. The average molecular weight is 249 g/mol. The van der Waals surface area contributed by atoms with Crippen molar-refractivity contribution in [3.8, 4) is 17.2 Å². The van der Waals surface area contributed by atoms with E-state index in [0.717, 1.165) is 11.1 Å². The van der Waals surface area contributed by atoms with E-state index in [2.05, 4.69) is 4.99 Å². The van der Waals surface area contributed by atoms with Crippen LogP contribution >= 0.6 is 0 Å². The minimum Gasteiger partial charge on any atom is -0.493 e. The van der Waals surface area contributed by atoms with Crippen molar-refractivity contribution < 1.29 is 14.2 Å². The molecule has 1 aromatic rings. The first-order valence-electron chi connectivity index (χ1n) is 5.58. The maximum absolute atomic E-state index is 5.42. The van der Waals surface area contributed by atoms with E-state index in [4.69, 9.17) is 14.2 Å². The van der Waals surface area contributed by atoms with Gasteiger partial charge in [0.05, 0.1) is 21.3 Å². The predicted molar refractivity (Wildman–Crippen MR) is 74.2 cm³/mol. The van der Waals surface area contributed by atoms with Crippen LogP contribution < -0.4 is 14.2 Å². The van der Waals surface area contributed by atoms with Crippen LogP contribution in [0.15, 0.2) is 23.2 Å². The fourth-order valence-electron chi connectivity index (χ4n) is 1.69. The Morgan fingerprint density at radius 1 is 1.06 bits per heavy atom. The van der Waals surface area contributed by atoms with Gasteiger partial charge in [-0.15, -0.1) is 0 Å². The lowest BCUT2D eigenvalue weighted by Crippen LogP contribution is -1.98. The summed E-state index contributed by atoms with van der Waals surface area (Å²) in [5, 5.41) is 0. The monoisotopic (exact) mass is 249 g/mol. The summed E-state index contributed by atoms with van der Waals surface area (Å²) < 4.78 is 16.0. The van der Waals surface area contributed by atoms with Gasteiger partial charge in [-0.1, -0.05) is 0 Å². The molecule has 98 valence electrons. The first-order valence-corrected chi connectivity index (χ1v) is 5.58. The quantitative estimate of drug-likeness (QED) is 0.753. The maximum atomic E-state index is 5.42. The van der Waals surface area contributed by atoms with Gasteiger partial charge >= 0.3 is 0 Å². The Morgan fingerprint density at radius 2 is 1.72 bits per heavy atom. The highest BCUT2D eigenvalue weighted by Crippen LogP contribution is 2.42. The zero-order valence-corrected chi connectivity index (χ0v) is 11.5. The highest BCUT2D eigenvalue weighted by molar-refractivity contribution is 5.86. The van der Waals surface area contributed by atoms with Gasteiger partial charge in [-0.05, 0) is 30.7 Å². The Bertz CT molecular complexity index is 464. The van der Waals surface area contributed by atoms with Crippen LogP contribution in [0.1, 0.15) is 12.5 Å². The van der Waals surface area contributed by atoms with Crippen molar-refractivity contribution in [2.45, 2.75) is 6.92 Å². The topological polar surface area (TPSA) is 40.0 Å². The van der Waals surface area contributed by atoms with Crippen LogP contribution in [0.3, 0.4) is 0 Å². The number of hydrogen-bond donors (Lipinski definition) is 0. The molecule has 0 aromatic heterocycles. The molecule has 0 radical (unpaired) electrons. The fraction of sp³-hybridized carbons (Fsp3) is 0.357. The molecular weight excluding hydrogens is 230 g/mol. The molecule has 0 fully saturated rings. The van der Waals surface area contributed by atoms with Crippen molar-refractivity contribution in [3.63, 3.8) is 0 Å². The summed E-state index contributed by atoms with van der Waals surface area (Å²) in [5.41, 5.74) is 1.99. The van der Waals surface area contributed by atoms with Crippen molar-refractivity contribution >= 4 is 11.8 Å². The van der Waals surface area contributed by atoms with E-state index in [0.29, 0.717) is 17.2 Å². The molecule has 0 bridgehead atoms. The number of benzene rings is 1. The second kappa shape index (κ2) is 6.69. The zero-order chi connectivity index (χ0) is 13.5. The number of methoxy groups -OCH3 is 3. The number of allylic oxidation sites excluding steroid dienone is 2. The van der Waals surface area contributed by atoms with E-state index in [1.54, 1.807) is 34.6 Å². The van der Waals surface area contributed by atoms with Crippen LogP contribution in [-0.4, -0.2) is 34.6 Å². The number of hydrogen-bond acceptors (Lipinski definition) is 4. The second-order valence-corrected chi connectivity index (χ2v) is 3.64.